The van der Waals surface area contributed by atoms with Crippen molar-refractivity contribution in [3.05, 3.63) is 23.8 Å². The maximum atomic E-state index is 11.4. The van der Waals surface area contributed by atoms with E-state index in [1.807, 2.05) is 6.92 Å². The molecular weight excluding hydrogens is 322 g/mol. The van der Waals surface area contributed by atoms with Crippen molar-refractivity contribution < 1.29 is 27.9 Å². The van der Waals surface area contributed by atoms with Crippen LogP contribution in [-0.2, 0) is 13.8 Å². The number of aromatic carboxylic acids is 1. The van der Waals surface area contributed by atoms with Gasteiger partial charge in [0.15, 0.2) is 6.61 Å². The number of amides is 1. The number of carboxylic acids is 1. The first-order valence-electron chi connectivity index (χ1n) is 5.97. The van der Waals surface area contributed by atoms with Gasteiger partial charge in [-0.25, -0.2) is 13.2 Å². The van der Waals surface area contributed by atoms with Crippen LogP contribution in [0.5, 0.6) is 5.75 Å². The predicted octanol–water partition coefficient (Wildman–Crippen LogP) is 1.22. The lowest BCUT2D eigenvalue weighted by molar-refractivity contribution is -0.123. The van der Waals surface area contributed by atoms with Crippen LogP contribution in [0.2, 0.25) is 0 Å². The number of carboxylic acid groups (broad SMARTS) is 1. The first kappa shape index (κ1) is 17.3. The lowest BCUT2D eigenvalue weighted by Gasteiger charge is -2.10. The summed E-state index contributed by atoms with van der Waals surface area (Å²) in [7, 11) is 1.04. The van der Waals surface area contributed by atoms with Crippen molar-refractivity contribution in [3.8, 4) is 5.75 Å². The lowest BCUT2D eigenvalue weighted by atomic mass is 10.2. The summed E-state index contributed by atoms with van der Waals surface area (Å²) in [5.74, 6) is -1.90. The van der Waals surface area contributed by atoms with Crippen molar-refractivity contribution >= 4 is 31.6 Å². The van der Waals surface area contributed by atoms with Crippen molar-refractivity contribution in [3.63, 3.8) is 0 Å². The highest BCUT2D eigenvalue weighted by Crippen LogP contribution is 2.28. The van der Waals surface area contributed by atoms with Gasteiger partial charge in [-0.2, -0.15) is 0 Å². The molecule has 0 aliphatic rings. The highest BCUT2D eigenvalue weighted by atomic mass is 35.7. The van der Waals surface area contributed by atoms with E-state index in [2.05, 4.69) is 5.32 Å². The SMILES string of the molecule is CCCNC(=O)COc1ccc(C(=O)O)cc1S(=O)(=O)Cl. The number of carbonyl (C=O) groups is 2. The zero-order valence-corrected chi connectivity index (χ0v) is 12.7. The molecule has 0 saturated heterocycles. The Labute approximate surface area is 126 Å². The summed E-state index contributed by atoms with van der Waals surface area (Å²) in [4.78, 5) is 21.7. The summed E-state index contributed by atoms with van der Waals surface area (Å²) in [5.41, 5.74) is -0.253. The van der Waals surface area contributed by atoms with E-state index in [0.717, 1.165) is 24.6 Å². The fourth-order valence-corrected chi connectivity index (χ4v) is 2.41. The molecule has 0 bridgehead atoms. The topological polar surface area (TPSA) is 110 Å². The number of carbonyl (C=O) groups excluding carboxylic acids is 1. The van der Waals surface area contributed by atoms with Crippen LogP contribution in [0, 0.1) is 0 Å². The molecule has 0 unspecified atom stereocenters. The Kier molecular flexibility index (Phi) is 5.98. The molecule has 9 heteroatoms. The maximum Gasteiger partial charge on any atom is 0.335 e. The molecule has 1 aromatic rings. The van der Waals surface area contributed by atoms with Crippen LogP contribution >= 0.6 is 10.7 Å². The van der Waals surface area contributed by atoms with Gasteiger partial charge < -0.3 is 15.2 Å². The van der Waals surface area contributed by atoms with Crippen molar-refractivity contribution in [1.82, 2.24) is 5.32 Å². The predicted molar refractivity (Wildman–Crippen MR) is 75.2 cm³/mol. The monoisotopic (exact) mass is 335 g/mol. The van der Waals surface area contributed by atoms with E-state index in [9.17, 15) is 18.0 Å². The van der Waals surface area contributed by atoms with Crippen molar-refractivity contribution in [1.29, 1.82) is 0 Å². The minimum absolute atomic E-state index is 0.179. The molecule has 7 nitrogen and oxygen atoms in total. The van der Waals surface area contributed by atoms with E-state index in [1.165, 1.54) is 0 Å². The minimum Gasteiger partial charge on any atom is -0.482 e. The normalized spacial score (nSPS) is 11.0. The molecule has 1 amide bonds. The van der Waals surface area contributed by atoms with Crippen LogP contribution in [0.1, 0.15) is 23.7 Å². The summed E-state index contributed by atoms with van der Waals surface area (Å²) in [5, 5.41) is 11.4. The van der Waals surface area contributed by atoms with Crippen molar-refractivity contribution in [2.45, 2.75) is 18.2 Å². The highest BCUT2D eigenvalue weighted by molar-refractivity contribution is 8.13. The van der Waals surface area contributed by atoms with Crippen LogP contribution in [0.4, 0.5) is 0 Å². The first-order valence-corrected chi connectivity index (χ1v) is 8.28. The Morgan fingerprint density at radius 3 is 2.57 bits per heavy atom. The summed E-state index contributed by atoms with van der Waals surface area (Å²) >= 11 is 0. The molecule has 1 aromatic carbocycles. The molecule has 116 valence electrons. The Morgan fingerprint density at radius 1 is 1.38 bits per heavy atom. The van der Waals surface area contributed by atoms with Crippen LogP contribution < -0.4 is 10.1 Å². The third-order valence-corrected chi connectivity index (χ3v) is 3.73. The molecule has 0 aromatic heterocycles. The molecule has 0 aliphatic heterocycles. The molecule has 0 saturated carbocycles. The molecule has 0 heterocycles. The fraction of sp³-hybridized carbons (Fsp3) is 0.333. The molecular formula is C12H14ClNO6S. The summed E-state index contributed by atoms with van der Waals surface area (Å²) in [6, 6.07) is 3.18. The van der Waals surface area contributed by atoms with Crippen LogP contribution in [0.25, 0.3) is 0 Å². The highest BCUT2D eigenvalue weighted by Gasteiger charge is 2.20. The Balaban J connectivity index is 2.97. The van der Waals surface area contributed by atoms with Crippen LogP contribution in [-0.4, -0.2) is 38.6 Å². The number of benzene rings is 1. The summed E-state index contributed by atoms with van der Waals surface area (Å²) < 4.78 is 28.0. The van der Waals surface area contributed by atoms with Gasteiger partial charge in [-0.05, 0) is 24.6 Å². The smallest absolute Gasteiger partial charge is 0.335 e. The molecule has 0 atom stereocenters. The third kappa shape index (κ3) is 5.24. The second kappa shape index (κ2) is 7.28. The average Bonchev–Trinajstić information content (AvgIpc) is 2.41. The van der Waals surface area contributed by atoms with Gasteiger partial charge in [0.25, 0.3) is 15.0 Å². The van der Waals surface area contributed by atoms with Gasteiger partial charge in [0, 0.05) is 17.2 Å². The lowest BCUT2D eigenvalue weighted by Crippen LogP contribution is -2.29. The summed E-state index contributed by atoms with van der Waals surface area (Å²) in [6.45, 7) is 1.95. The zero-order chi connectivity index (χ0) is 16.0. The van der Waals surface area contributed by atoms with E-state index in [-0.39, 0.29) is 11.3 Å². The number of ether oxygens (including phenoxy) is 1. The van der Waals surface area contributed by atoms with Gasteiger partial charge >= 0.3 is 5.97 Å². The van der Waals surface area contributed by atoms with Gasteiger partial charge in [-0.15, -0.1) is 0 Å². The van der Waals surface area contributed by atoms with Gasteiger partial charge in [0.1, 0.15) is 10.6 Å². The van der Waals surface area contributed by atoms with E-state index < -0.39 is 32.4 Å². The Morgan fingerprint density at radius 2 is 2.05 bits per heavy atom. The average molecular weight is 336 g/mol. The third-order valence-electron chi connectivity index (χ3n) is 2.38. The second-order valence-corrected chi connectivity index (χ2v) is 6.58. The van der Waals surface area contributed by atoms with E-state index in [0.29, 0.717) is 6.54 Å². The van der Waals surface area contributed by atoms with Gasteiger partial charge in [-0.1, -0.05) is 6.92 Å². The quantitative estimate of drug-likeness (QED) is 0.725. The van der Waals surface area contributed by atoms with Crippen LogP contribution in [0.3, 0.4) is 0 Å². The molecule has 0 radical (unpaired) electrons. The fourth-order valence-electron chi connectivity index (χ4n) is 1.41. The number of hydrogen-bond acceptors (Lipinski definition) is 5. The van der Waals surface area contributed by atoms with E-state index in [1.54, 1.807) is 0 Å². The Bertz CT molecular complexity index is 643. The standard InChI is InChI=1S/C12H14ClNO6S/c1-2-5-14-11(15)7-20-9-4-3-8(12(16)17)6-10(9)21(13,18)19/h3-4,6H,2,5,7H2,1H3,(H,14,15)(H,16,17). The number of rotatable bonds is 7. The molecule has 2 N–H and O–H groups in total. The molecule has 0 aliphatic carbocycles. The molecule has 0 spiro atoms. The zero-order valence-electron chi connectivity index (χ0n) is 11.1. The first-order chi connectivity index (χ1) is 9.75. The van der Waals surface area contributed by atoms with Crippen molar-refractivity contribution in [2.24, 2.45) is 0 Å². The Hall–Kier alpha value is -1.80. The maximum absolute atomic E-state index is 11.4. The molecule has 0 fully saturated rings. The van der Waals surface area contributed by atoms with Gasteiger partial charge in [0.05, 0.1) is 5.56 Å². The van der Waals surface area contributed by atoms with Gasteiger partial charge in [0.2, 0.25) is 0 Å². The largest absolute Gasteiger partial charge is 0.482 e. The van der Waals surface area contributed by atoms with Crippen LogP contribution in [0.15, 0.2) is 23.1 Å². The second-order valence-electron chi connectivity index (χ2n) is 4.04. The minimum atomic E-state index is -4.20. The number of halogens is 1. The van der Waals surface area contributed by atoms with Crippen molar-refractivity contribution in [2.75, 3.05) is 13.2 Å². The summed E-state index contributed by atoms with van der Waals surface area (Å²) in [6.07, 6.45) is 0.750. The number of hydrogen-bond donors (Lipinski definition) is 2. The van der Waals surface area contributed by atoms with Gasteiger partial charge in [-0.3, -0.25) is 4.79 Å². The van der Waals surface area contributed by atoms with E-state index in [4.69, 9.17) is 20.5 Å². The van der Waals surface area contributed by atoms with E-state index >= 15 is 0 Å². The molecule has 21 heavy (non-hydrogen) atoms. The molecule has 1 rings (SSSR count). The number of nitrogens with one attached hydrogen (secondary N) is 1.